The Labute approximate surface area is 174 Å². The van der Waals surface area contributed by atoms with Crippen molar-refractivity contribution in [1.82, 2.24) is 10.6 Å². The maximum absolute atomic E-state index is 13.0. The molecule has 10 heteroatoms. The third kappa shape index (κ3) is 4.39. The van der Waals surface area contributed by atoms with Crippen molar-refractivity contribution in [2.75, 3.05) is 19.4 Å². The highest BCUT2D eigenvalue weighted by molar-refractivity contribution is 7.99. The van der Waals surface area contributed by atoms with Gasteiger partial charge >= 0.3 is 0 Å². The van der Waals surface area contributed by atoms with Crippen LogP contribution in [0.5, 0.6) is 0 Å². The summed E-state index contributed by atoms with van der Waals surface area (Å²) in [7, 11) is 0. The lowest BCUT2D eigenvalue weighted by Gasteiger charge is -2.38. The summed E-state index contributed by atoms with van der Waals surface area (Å²) in [5.41, 5.74) is -0.845. The molecule has 3 heterocycles. The summed E-state index contributed by atoms with van der Waals surface area (Å²) in [6, 6.07) is -1.28. The third-order valence-corrected chi connectivity index (χ3v) is 6.72. The van der Waals surface area contributed by atoms with E-state index in [9.17, 15) is 20.1 Å². The second-order valence-corrected chi connectivity index (χ2v) is 9.16. The van der Waals surface area contributed by atoms with Crippen LogP contribution >= 0.6 is 23.4 Å². The summed E-state index contributed by atoms with van der Waals surface area (Å²) >= 11 is 7.47. The molecule has 3 aliphatic rings. The molecule has 0 aromatic rings. The molecule has 3 rings (SSSR count). The Balaban J connectivity index is 1.73. The van der Waals surface area contributed by atoms with Crippen LogP contribution in [0.3, 0.4) is 0 Å². The van der Waals surface area contributed by atoms with E-state index in [1.165, 1.54) is 0 Å². The molecule has 1 amide bonds. The zero-order chi connectivity index (χ0) is 20.4. The summed E-state index contributed by atoms with van der Waals surface area (Å²) < 4.78 is 11.7. The number of aliphatic hydroxyl groups excluding tert-OH is 3. The highest BCUT2D eigenvalue weighted by Crippen LogP contribution is 2.32. The largest absolute Gasteiger partial charge is 0.506 e. The summed E-state index contributed by atoms with van der Waals surface area (Å²) in [6.07, 6.45) is 2.12. The molecular formula is C18H29ClN2O6S. The van der Waals surface area contributed by atoms with Gasteiger partial charge in [0, 0.05) is 13.2 Å². The number of amides is 1. The molecule has 0 saturated carbocycles. The van der Waals surface area contributed by atoms with Gasteiger partial charge in [-0.3, -0.25) is 4.79 Å². The highest BCUT2D eigenvalue weighted by atomic mass is 35.5. The smallest absolute Gasteiger partial charge is 0.240 e. The Morgan fingerprint density at radius 2 is 2.11 bits per heavy atom. The molecule has 0 radical (unpaired) electrons. The van der Waals surface area contributed by atoms with Crippen LogP contribution in [0.1, 0.15) is 26.2 Å². The highest BCUT2D eigenvalue weighted by Gasteiger charge is 2.46. The first-order chi connectivity index (χ1) is 13.3. The van der Waals surface area contributed by atoms with E-state index in [2.05, 4.69) is 10.6 Å². The second-order valence-electron chi connectivity index (χ2n) is 7.57. The monoisotopic (exact) mass is 436 g/mol. The van der Waals surface area contributed by atoms with E-state index in [1.807, 2.05) is 0 Å². The van der Waals surface area contributed by atoms with Gasteiger partial charge in [-0.1, -0.05) is 6.42 Å². The predicted molar refractivity (Wildman–Crippen MR) is 107 cm³/mol. The van der Waals surface area contributed by atoms with Crippen molar-refractivity contribution in [3.05, 3.63) is 11.5 Å². The minimum atomic E-state index is -1.49. The fourth-order valence-electron chi connectivity index (χ4n) is 4.12. The van der Waals surface area contributed by atoms with Crippen molar-refractivity contribution in [1.29, 1.82) is 0 Å². The Bertz CT molecular complexity index is 607. The Kier molecular flexibility index (Phi) is 7.38. The number of hydrogen-bond acceptors (Lipinski definition) is 8. The van der Waals surface area contributed by atoms with Gasteiger partial charge in [-0.25, -0.2) is 0 Å². The molecule has 5 N–H and O–H groups in total. The van der Waals surface area contributed by atoms with Crippen molar-refractivity contribution < 1.29 is 29.6 Å². The van der Waals surface area contributed by atoms with E-state index in [4.69, 9.17) is 21.1 Å². The second kappa shape index (κ2) is 9.40. The lowest BCUT2D eigenvalue weighted by Crippen LogP contribution is -2.60. The number of ether oxygens (including phenoxy) is 2. The fraction of sp³-hybridized carbons (Fsp3) is 0.833. The van der Waals surface area contributed by atoms with Gasteiger partial charge in [0.1, 0.15) is 18.2 Å². The van der Waals surface area contributed by atoms with Crippen LogP contribution in [-0.4, -0.2) is 81.8 Å². The number of thioether (sulfide) groups is 1. The van der Waals surface area contributed by atoms with E-state index in [0.29, 0.717) is 12.5 Å². The molecular weight excluding hydrogens is 408 g/mol. The van der Waals surface area contributed by atoms with Gasteiger partial charge in [0.25, 0.3) is 0 Å². The number of halogens is 1. The third-order valence-electron chi connectivity index (χ3n) is 5.68. The fourth-order valence-corrected chi connectivity index (χ4v) is 4.91. The van der Waals surface area contributed by atoms with Crippen molar-refractivity contribution in [3.8, 4) is 0 Å². The van der Waals surface area contributed by atoms with Crippen LogP contribution in [0.15, 0.2) is 11.5 Å². The molecule has 2 fully saturated rings. The first-order valence-corrected chi connectivity index (χ1v) is 11.3. The number of rotatable bonds is 5. The molecule has 8 unspecified atom stereocenters. The number of nitrogens with one attached hydrogen (secondary N) is 2. The van der Waals surface area contributed by atoms with E-state index in [-0.39, 0.29) is 12.0 Å². The molecule has 160 valence electrons. The summed E-state index contributed by atoms with van der Waals surface area (Å²) in [5.74, 6) is -0.956. The average Bonchev–Trinajstić information content (AvgIpc) is 2.93. The Morgan fingerprint density at radius 3 is 2.79 bits per heavy atom. The summed E-state index contributed by atoms with van der Waals surface area (Å²) in [4.78, 5) is 13.0. The average molecular weight is 437 g/mol. The number of hydrogen-bond donors (Lipinski definition) is 5. The van der Waals surface area contributed by atoms with Gasteiger partial charge in [-0.15, -0.1) is 23.4 Å². The Hall–Kier alpha value is -0.710. The number of alkyl halides is 1. The van der Waals surface area contributed by atoms with Gasteiger partial charge in [-0.05, 0) is 31.9 Å². The molecule has 0 bridgehead atoms. The zero-order valence-corrected chi connectivity index (χ0v) is 17.6. The molecule has 0 aromatic heterocycles. The van der Waals surface area contributed by atoms with Crippen molar-refractivity contribution in [2.24, 2.45) is 5.92 Å². The summed E-state index contributed by atoms with van der Waals surface area (Å²) in [6.45, 7) is 3.04. The van der Waals surface area contributed by atoms with E-state index in [1.54, 1.807) is 13.2 Å². The van der Waals surface area contributed by atoms with Gasteiger partial charge in [-0.2, -0.15) is 0 Å². The molecule has 0 aliphatic carbocycles. The van der Waals surface area contributed by atoms with Gasteiger partial charge in [0.2, 0.25) is 5.91 Å². The number of aliphatic hydroxyl groups is 3. The molecule has 8 nitrogen and oxygen atoms in total. The van der Waals surface area contributed by atoms with Gasteiger partial charge < -0.3 is 35.4 Å². The molecule has 0 spiro atoms. The number of carbonyl (C=O) groups excluding carboxylic acids is 1. The topological polar surface area (TPSA) is 120 Å². The van der Waals surface area contributed by atoms with Crippen LogP contribution in [0, 0.1) is 5.92 Å². The van der Waals surface area contributed by atoms with E-state index in [0.717, 1.165) is 37.6 Å². The van der Waals surface area contributed by atoms with Crippen LogP contribution < -0.4 is 10.6 Å². The van der Waals surface area contributed by atoms with E-state index >= 15 is 0 Å². The lowest BCUT2D eigenvalue weighted by molar-refractivity contribution is -0.131. The van der Waals surface area contributed by atoms with Crippen molar-refractivity contribution >= 4 is 29.3 Å². The first kappa shape index (κ1) is 22.0. The molecule has 0 aromatic carbocycles. The lowest BCUT2D eigenvalue weighted by atomic mass is 9.95. The quantitative estimate of drug-likeness (QED) is 0.405. The normalized spacial score (nSPS) is 38.4. The maximum atomic E-state index is 13.0. The van der Waals surface area contributed by atoms with Crippen molar-refractivity contribution in [2.45, 2.75) is 67.4 Å². The zero-order valence-electron chi connectivity index (χ0n) is 16.0. The van der Waals surface area contributed by atoms with Crippen molar-refractivity contribution in [3.63, 3.8) is 0 Å². The van der Waals surface area contributed by atoms with Crippen LogP contribution in [-0.2, 0) is 14.3 Å². The Morgan fingerprint density at radius 1 is 1.36 bits per heavy atom. The van der Waals surface area contributed by atoms with Crippen LogP contribution in [0.4, 0.5) is 0 Å². The molecule has 28 heavy (non-hydrogen) atoms. The number of fused-ring (bicyclic) bond motifs is 1. The van der Waals surface area contributed by atoms with E-state index < -0.39 is 46.6 Å². The SMILES string of the molecule is CSC1OC(C(NC(=O)C2NCC3CCCCOC32)C(C)Cl)C(O)C(O)=C1O. The minimum absolute atomic E-state index is 0.192. The minimum Gasteiger partial charge on any atom is -0.506 e. The van der Waals surface area contributed by atoms with Crippen LogP contribution in [0.2, 0.25) is 0 Å². The van der Waals surface area contributed by atoms with Gasteiger partial charge in [0.15, 0.2) is 17.0 Å². The maximum Gasteiger partial charge on any atom is 0.240 e. The standard InChI is InChI=1S/C18H29ClN2O6S/c1-8(19)10(16-13(23)12(22)14(24)18(27-16)28-2)21-17(25)11-15-9(7-20-11)5-3-4-6-26-15/h8-11,13,15-16,18,20,22-24H,3-7H2,1-2H3,(H,21,25). The molecule has 2 saturated heterocycles. The first-order valence-electron chi connectivity index (χ1n) is 9.62. The molecule has 3 aliphatic heterocycles. The predicted octanol–water partition coefficient (Wildman–Crippen LogP) is 1.03. The molecule has 8 atom stereocenters. The van der Waals surface area contributed by atoms with Crippen LogP contribution in [0.25, 0.3) is 0 Å². The van der Waals surface area contributed by atoms with Gasteiger partial charge in [0.05, 0.1) is 17.5 Å². The summed E-state index contributed by atoms with van der Waals surface area (Å²) in [5, 5.41) is 35.9. The number of carbonyl (C=O) groups is 1.